The lowest BCUT2D eigenvalue weighted by Gasteiger charge is -2.13. The number of hydrogen-bond acceptors (Lipinski definition) is 4. The summed E-state index contributed by atoms with van der Waals surface area (Å²) in [6.45, 7) is 1.88. The van der Waals surface area contributed by atoms with Crippen LogP contribution >= 0.6 is 11.8 Å². The molecule has 0 fully saturated rings. The van der Waals surface area contributed by atoms with Gasteiger partial charge in [0.25, 0.3) is 5.56 Å². The highest BCUT2D eigenvalue weighted by Crippen LogP contribution is 2.30. The maximum absolute atomic E-state index is 12.3. The highest BCUT2D eigenvalue weighted by molar-refractivity contribution is 7.99. The zero-order valence-corrected chi connectivity index (χ0v) is 14.6. The number of fused-ring (bicyclic) bond motifs is 2. The fraction of sp³-hybridized carbons (Fsp3) is 0.278. The zero-order chi connectivity index (χ0) is 17.4. The third kappa shape index (κ3) is 3.19. The highest BCUT2D eigenvalue weighted by Gasteiger charge is 2.23. The molecule has 1 aromatic carbocycles. The molecule has 1 aliphatic carbocycles. The molecule has 3 N–H and O–H groups in total. The first-order chi connectivity index (χ1) is 12.1. The Hall–Kier alpha value is -2.54. The average Bonchev–Trinajstić information content (AvgIpc) is 3.17. The van der Waals surface area contributed by atoms with Crippen molar-refractivity contribution in [3.05, 3.63) is 57.5 Å². The number of carbonyl (C=O) groups is 1. The molecule has 0 bridgehead atoms. The molecule has 0 unspecified atom stereocenters. The van der Waals surface area contributed by atoms with E-state index in [1.165, 1.54) is 22.9 Å². The predicted molar refractivity (Wildman–Crippen MR) is 97.8 cm³/mol. The standard InChI is InChI=1S/C18H18N4O2S/c1-10-8-14-16(19-10)17(24)22-18(21-14)25-9-15(23)20-13-7-6-11-4-2-3-5-12(11)13/h2-5,8,13,19H,6-7,9H2,1H3,(H,20,23)(H,21,22,24)/t13-/m0/s1. The van der Waals surface area contributed by atoms with Crippen LogP contribution in [0.25, 0.3) is 11.0 Å². The monoisotopic (exact) mass is 354 g/mol. The Morgan fingerprint density at radius 2 is 2.20 bits per heavy atom. The van der Waals surface area contributed by atoms with Gasteiger partial charge in [-0.05, 0) is 37.0 Å². The van der Waals surface area contributed by atoms with Crippen molar-refractivity contribution in [2.75, 3.05) is 5.75 Å². The van der Waals surface area contributed by atoms with Crippen LogP contribution in [-0.4, -0.2) is 26.6 Å². The molecule has 6 nitrogen and oxygen atoms in total. The van der Waals surface area contributed by atoms with Gasteiger partial charge in [-0.25, -0.2) is 4.98 Å². The number of aryl methyl sites for hydroxylation is 2. The molecule has 3 aromatic rings. The third-order valence-corrected chi connectivity index (χ3v) is 5.28. The number of H-pyrrole nitrogens is 2. The van der Waals surface area contributed by atoms with Crippen LogP contribution in [0.1, 0.15) is 29.3 Å². The minimum absolute atomic E-state index is 0.0558. The Morgan fingerprint density at radius 3 is 3.08 bits per heavy atom. The quantitative estimate of drug-likeness (QED) is 0.496. The molecule has 0 saturated carbocycles. The van der Waals surface area contributed by atoms with E-state index in [2.05, 4.69) is 32.4 Å². The molecular formula is C18H18N4O2S. The number of benzene rings is 1. The van der Waals surface area contributed by atoms with Gasteiger partial charge in [0.2, 0.25) is 5.91 Å². The minimum atomic E-state index is -0.217. The molecule has 2 heterocycles. The highest BCUT2D eigenvalue weighted by atomic mass is 32.2. The molecule has 128 valence electrons. The van der Waals surface area contributed by atoms with Crippen LogP contribution in [0.15, 0.2) is 40.3 Å². The molecule has 1 amide bonds. The summed E-state index contributed by atoms with van der Waals surface area (Å²) >= 11 is 1.24. The number of aromatic nitrogens is 3. The Labute approximate surface area is 148 Å². The predicted octanol–water partition coefficient (Wildman–Crippen LogP) is 2.46. The minimum Gasteiger partial charge on any atom is -0.353 e. The van der Waals surface area contributed by atoms with E-state index in [0.29, 0.717) is 16.2 Å². The van der Waals surface area contributed by atoms with Crippen LogP contribution < -0.4 is 10.9 Å². The van der Waals surface area contributed by atoms with Gasteiger partial charge >= 0.3 is 0 Å². The summed E-state index contributed by atoms with van der Waals surface area (Å²) in [5.74, 6) is 0.163. The van der Waals surface area contributed by atoms with Gasteiger partial charge in [0.1, 0.15) is 5.52 Å². The fourth-order valence-corrected chi connectivity index (χ4v) is 3.96. The van der Waals surface area contributed by atoms with E-state index in [1.807, 2.05) is 25.1 Å². The molecule has 4 rings (SSSR count). The summed E-state index contributed by atoms with van der Waals surface area (Å²) in [6.07, 6.45) is 1.92. The van der Waals surface area contributed by atoms with Gasteiger partial charge in [-0.1, -0.05) is 36.0 Å². The van der Waals surface area contributed by atoms with E-state index in [-0.39, 0.29) is 23.3 Å². The van der Waals surface area contributed by atoms with E-state index in [4.69, 9.17) is 0 Å². The van der Waals surface area contributed by atoms with Crippen molar-refractivity contribution in [1.29, 1.82) is 0 Å². The average molecular weight is 354 g/mol. The molecule has 25 heavy (non-hydrogen) atoms. The number of rotatable bonds is 4. The molecule has 0 spiro atoms. The zero-order valence-electron chi connectivity index (χ0n) is 13.8. The van der Waals surface area contributed by atoms with Crippen LogP contribution in [0.5, 0.6) is 0 Å². The maximum atomic E-state index is 12.3. The van der Waals surface area contributed by atoms with E-state index < -0.39 is 0 Å². The van der Waals surface area contributed by atoms with Gasteiger partial charge < -0.3 is 10.3 Å². The number of carbonyl (C=O) groups excluding carboxylic acids is 1. The molecule has 0 radical (unpaired) electrons. The van der Waals surface area contributed by atoms with E-state index >= 15 is 0 Å². The van der Waals surface area contributed by atoms with Crippen molar-refractivity contribution in [3.63, 3.8) is 0 Å². The summed E-state index contributed by atoms with van der Waals surface area (Å²) in [5, 5.41) is 3.53. The summed E-state index contributed by atoms with van der Waals surface area (Å²) in [6, 6.07) is 10.1. The topological polar surface area (TPSA) is 90.6 Å². The second-order valence-electron chi connectivity index (χ2n) is 6.23. The Bertz CT molecular complexity index is 1010. The molecule has 7 heteroatoms. The molecule has 1 aliphatic rings. The lowest BCUT2D eigenvalue weighted by Crippen LogP contribution is -2.28. The van der Waals surface area contributed by atoms with Crippen molar-refractivity contribution in [3.8, 4) is 0 Å². The first kappa shape index (κ1) is 16.0. The normalized spacial score (nSPS) is 16.1. The Kier molecular flexibility index (Phi) is 4.09. The summed E-state index contributed by atoms with van der Waals surface area (Å²) in [4.78, 5) is 34.4. The molecular weight excluding hydrogens is 336 g/mol. The van der Waals surface area contributed by atoms with Gasteiger partial charge in [0.05, 0.1) is 17.3 Å². The van der Waals surface area contributed by atoms with Gasteiger partial charge in [-0.15, -0.1) is 0 Å². The van der Waals surface area contributed by atoms with Crippen molar-refractivity contribution in [1.82, 2.24) is 20.3 Å². The number of hydrogen-bond donors (Lipinski definition) is 3. The summed E-state index contributed by atoms with van der Waals surface area (Å²) in [5.41, 5.74) is 4.26. The number of nitrogens with zero attached hydrogens (tertiary/aromatic N) is 1. The van der Waals surface area contributed by atoms with Gasteiger partial charge in [-0.3, -0.25) is 14.6 Å². The molecule has 0 aliphatic heterocycles. The Morgan fingerprint density at radius 1 is 1.36 bits per heavy atom. The van der Waals surface area contributed by atoms with Crippen molar-refractivity contribution < 1.29 is 4.79 Å². The third-order valence-electron chi connectivity index (χ3n) is 4.41. The second kappa shape index (κ2) is 6.40. The number of amides is 1. The van der Waals surface area contributed by atoms with Crippen LogP contribution in [-0.2, 0) is 11.2 Å². The maximum Gasteiger partial charge on any atom is 0.275 e. The van der Waals surface area contributed by atoms with Crippen LogP contribution in [0, 0.1) is 6.92 Å². The van der Waals surface area contributed by atoms with Gasteiger partial charge in [0, 0.05) is 5.69 Å². The van der Waals surface area contributed by atoms with Gasteiger partial charge in [0.15, 0.2) is 5.16 Å². The first-order valence-corrected chi connectivity index (χ1v) is 9.18. The fourth-order valence-electron chi connectivity index (χ4n) is 3.28. The summed E-state index contributed by atoms with van der Waals surface area (Å²) in [7, 11) is 0. The smallest absolute Gasteiger partial charge is 0.275 e. The number of nitrogens with one attached hydrogen (secondary N) is 3. The van der Waals surface area contributed by atoms with E-state index in [9.17, 15) is 9.59 Å². The largest absolute Gasteiger partial charge is 0.353 e. The van der Waals surface area contributed by atoms with Crippen LogP contribution in [0.3, 0.4) is 0 Å². The van der Waals surface area contributed by atoms with E-state index in [1.54, 1.807) is 0 Å². The second-order valence-corrected chi connectivity index (χ2v) is 7.19. The molecule has 1 atom stereocenters. The van der Waals surface area contributed by atoms with Crippen LogP contribution in [0.2, 0.25) is 0 Å². The van der Waals surface area contributed by atoms with E-state index in [0.717, 1.165) is 18.5 Å². The first-order valence-electron chi connectivity index (χ1n) is 8.20. The summed E-state index contributed by atoms with van der Waals surface area (Å²) < 4.78 is 0. The van der Waals surface area contributed by atoms with Crippen molar-refractivity contribution >= 4 is 28.7 Å². The van der Waals surface area contributed by atoms with Crippen LogP contribution in [0.4, 0.5) is 0 Å². The number of thioether (sulfide) groups is 1. The Balaban J connectivity index is 1.42. The van der Waals surface area contributed by atoms with Gasteiger partial charge in [-0.2, -0.15) is 0 Å². The van der Waals surface area contributed by atoms with Crippen molar-refractivity contribution in [2.45, 2.75) is 31.0 Å². The molecule has 2 aromatic heterocycles. The molecule has 0 saturated heterocycles. The number of aromatic amines is 2. The lowest BCUT2D eigenvalue weighted by molar-refractivity contribution is -0.119. The SMILES string of the molecule is Cc1cc2nc(SCC(=O)N[C@H]3CCc4ccccc43)[nH]c(=O)c2[nH]1. The van der Waals surface area contributed by atoms with Crippen molar-refractivity contribution in [2.24, 2.45) is 0 Å². The lowest BCUT2D eigenvalue weighted by atomic mass is 10.1.